The summed E-state index contributed by atoms with van der Waals surface area (Å²) in [7, 11) is -1.49. The molecule has 0 aliphatic rings. The Morgan fingerprint density at radius 2 is 1.28 bits per heavy atom. The van der Waals surface area contributed by atoms with E-state index in [0.717, 1.165) is 0 Å². The number of aryl methyl sites for hydroxylation is 1. The molecule has 0 spiro atoms. The zero-order chi connectivity index (χ0) is 26.8. The van der Waals surface area contributed by atoms with Gasteiger partial charge in [0.25, 0.3) is 0 Å². The van der Waals surface area contributed by atoms with Crippen LogP contribution in [0.4, 0.5) is 0 Å². The van der Waals surface area contributed by atoms with Gasteiger partial charge in [-0.2, -0.15) is 0 Å². The average molecular weight is 654 g/mol. The van der Waals surface area contributed by atoms with Crippen LogP contribution in [0.25, 0.3) is 9.75 Å². The monoisotopic (exact) mass is 654 g/mol. The van der Waals surface area contributed by atoms with Crippen molar-refractivity contribution in [3.05, 3.63) is 23.8 Å². The van der Waals surface area contributed by atoms with Gasteiger partial charge in [0.1, 0.15) is 0 Å². The van der Waals surface area contributed by atoms with E-state index >= 15 is 0 Å². The van der Waals surface area contributed by atoms with Crippen LogP contribution in [0.2, 0.25) is 31.4 Å². The van der Waals surface area contributed by atoms with E-state index in [0.29, 0.717) is 5.04 Å². The van der Waals surface area contributed by atoms with Crippen LogP contribution in [0.1, 0.15) is 118 Å². The van der Waals surface area contributed by atoms with Crippen LogP contribution >= 0.6 is 22.7 Å². The van der Waals surface area contributed by atoms with Crippen LogP contribution in [0.5, 0.6) is 0 Å². The fourth-order valence-electron chi connectivity index (χ4n) is 5.28. The second kappa shape index (κ2) is 15.3. The molecule has 0 saturated heterocycles. The van der Waals surface area contributed by atoms with Gasteiger partial charge in [-0.1, -0.05) is 0 Å². The van der Waals surface area contributed by atoms with Gasteiger partial charge >= 0.3 is 241 Å². The molecule has 0 aromatic carbocycles. The summed E-state index contributed by atoms with van der Waals surface area (Å²) < 4.78 is 8.37. The number of hydrogen-bond acceptors (Lipinski definition) is 2. The summed E-state index contributed by atoms with van der Waals surface area (Å²) in [5.74, 6) is 0. The number of hydrogen-bond donors (Lipinski definition) is 0. The summed E-state index contributed by atoms with van der Waals surface area (Å²) >= 11 is 2.03. The summed E-state index contributed by atoms with van der Waals surface area (Å²) in [5.41, 5.74) is 1.71. The molecule has 36 heavy (non-hydrogen) atoms. The molecular weight excluding hydrogens is 595 g/mol. The van der Waals surface area contributed by atoms with Crippen molar-refractivity contribution in [3.8, 4) is 9.75 Å². The molecule has 0 bridgehead atoms. The Kier molecular flexibility index (Phi) is 13.8. The van der Waals surface area contributed by atoms with E-state index in [1.807, 2.05) is 2.89 Å². The van der Waals surface area contributed by atoms with Crippen molar-refractivity contribution in [2.75, 3.05) is 0 Å². The zero-order valence-electron chi connectivity index (χ0n) is 25.4. The van der Waals surface area contributed by atoms with Gasteiger partial charge in [-0.25, -0.2) is 0 Å². The van der Waals surface area contributed by atoms with Crippen LogP contribution in [0.3, 0.4) is 0 Å². The molecule has 0 nitrogen and oxygen atoms in total. The Hall–Kier alpha value is 0.416. The quantitative estimate of drug-likeness (QED) is 0.118. The predicted octanol–water partition coefficient (Wildman–Crippen LogP) is 11.4. The fraction of sp³-hybridized carbons (Fsp3) is 0.750. The molecular formula is C32H58S2SiSn. The topological polar surface area (TPSA) is 0 Å². The maximum absolute atomic E-state index is 2.80. The Morgan fingerprint density at radius 3 is 1.78 bits per heavy atom. The van der Waals surface area contributed by atoms with Gasteiger partial charge < -0.3 is 0 Å². The zero-order valence-corrected chi connectivity index (χ0v) is 30.9. The summed E-state index contributed by atoms with van der Waals surface area (Å²) in [5, 5.41) is 0.394. The van der Waals surface area contributed by atoms with Crippen molar-refractivity contribution in [2.24, 2.45) is 0 Å². The van der Waals surface area contributed by atoms with E-state index in [1.54, 1.807) is 33.1 Å². The Bertz CT molecular complexity index is 865. The SMILES string of the molecule is CCCCCCc1c[c]([Sn]([CH2]CCC)([CH2]CCC)[CH2]CCC)sc1-c1ccc([Si](C)(C)C(C)(C)C)s1. The molecule has 0 radical (unpaired) electrons. The fourth-order valence-corrected chi connectivity index (χ4v) is 30.1. The molecule has 2 heterocycles. The van der Waals surface area contributed by atoms with E-state index < -0.39 is 26.5 Å². The summed E-state index contributed by atoms with van der Waals surface area (Å²) in [6.07, 6.45) is 15.2. The second-order valence-electron chi connectivity index (χ2n) is 12.9. The molecule has 4 heteroatoms. The molecule has 2 aromatic rings. The molecule has 206 valence electrons. The first-order valence-electron chi connectivity index (χ1n) is 15.3. The third-order valence-electron chi connectivity index (χ3n) is 8.98. The molecule has 2 rings (SSSR count). The third-order valence-corrected chi connectivity index (χ3v) is 36.4. The van der Waals surface area contributed by atoms with Crippen molar-refractivity contribution >= 4 is 56.5 Å². The van der Waals surface area contributed by atoms with Crippen LogP contribution < -0.4 is 7.39 Å². The van der Waals surface area contributed by atoms with Gasteiger partial charge in [0, 0.05) is 0 Å². The van der Waals surface area contributed by atoms with Crippen molar-refractivity contribution in [1.82, 2.24) is 0 Å². The minimum absolute atomic E-state index is 0.394. The van der Waals surface area contributed by atoms with Crippen molar-refractivity contribution in [1.29, 1.82) is 0 Å². The Labute approximate surface area is 239 Å². The molecule has 0 aliphatic heterocycles. The van der Waals surface area contributed by atoms with E-state index in [4.69, 9.17) is 0 Å². The minimum atomic E-state index is -2.41. The van der Waals surface area contributed by atoms with Crippen LogP contribution in [0.15, 0.2) is 18.2 Å². The average Bonchev–Trinajstić information content (AvgIpc) is 3.49. The van der Waals surface area contributed by atoms with Crippen molar-refractivity contribution in [2.45, 2.75) is 151 Å². The second-order valence-corrected chi connectivity index (χ2v) is 34.9. The first kappa shape index (κ1) is 32.6. The third kappa shape index (κ3) is 8.46. The first-order valence-corrected chi connectivity index (χ1v) is 27.4. The van der Waals surface area contributed by atoms with Gasteiger partial charge in [0.2, 0.25) is 0 Å². The standard InChI is InChI=1S/C20H31S2Si.3C4H9.Sn/c1-7-8-9-10-11-16-14-15-21-19(16)17-12-13-18(22-17)23(5,6)20(2,3)4;3*1-3-4-2;/h12-14H,7-11H2,1-6H3;3*1,3-4H2,2H3;. The predicted molar refractivity (Wildman–Crippen MR) is 177 cm³/mol. The van der Waals surface area contributed by atoms with E-state index in [1.165, 1.54) is 70.6 Å². The maximum atomic E-state index is 2.80. The Balaban J connectivity index is 2.56. The number of unbranched alkanes of at least 4 members (excludes halogenated alkanes) is 6. The van der Waals surface area contributed by atoms with Crippen molar-refractivity contribution in [3.63, 3.8) is 0 Å². The Morgan fingerprint density at radius 1 is 0.722 bits per heavy atom. The summed E-state index contributed by atoms with van der Waals surface area (Å²) in [6, 6.07) is 7.82. The first-order chi connectivity index (χ1) is 17.1. The molecule has 0 atom stereocenters. The normalized spacial score (nSPS) is 13.0. The van der Waals surface area contributed by atoms with E-state index in [9.17, 15) is 0 Å². The van der Waals surface area contributed by atoms with Gasteiger partial charge in [0.15, 0.2) is 0 Å². The van der Waals surface area contributed by atoms with Crippen LogP contribution in [-0.4, -0.2) is 26.5 Å². The van der Waals surface area contributed by atoms with E-state index in [-0.39, 0.29) is 0 Å². The molecule has 0 aliphatic carbocycles. The molecule has 2 aromatic heterocycles. The molecule has 0 N–H and O–H groups in total. The van der Waals surface area contributed by atoms with Crippen LogP contribution in [-0.2, 0) is 6.42 Å². The summed E-state index contributed by atoms with van der Waals surface area (Å²) in [4.78, 5) is 3.25. The van der Waals surface area contributed by atoms with Gasteiger partial charge in [-0.3, -0.25) is 0 Å². The van der Waals surface area contributed by atoms with E-state index in [2.05, 4.69) is 102 Å². The molecule has 0 saturated carbocycles. The van der Waals surface area contributed by atoms with Crippen LogP contribution in [0, 0.1) is 0 Å². The summed E-state index contributed by atoms with van der Waals surface area (Å²) in [6.45, 7) is 22.1. The molecule has 0 amide bonds. The van der Waals surface area contributed by atoms with Gasteiger partial charge in [-0.15, -0.1) is 0 Å². The van der Waals surface area contributed by atoms with Gasteiger partial charge in [-0.05, 0) is 0 Å². The number of rotatable bonds is 17. The molecule has 0 unspecified atom stereocenters. The van der Waals surface area contributed by atoms with Crippen molar-refractivity contribution < 1.29 is 0 Å². The van der Waals surface area contributed by atoms with Gasteiger partial charge in [0.05, 0.1) is 0 Å². The number of thiophene rings is 2. The molecule has 0 fully saturated rings.